The molecule has 0 saturated carbocycles. The molecule has 1 aromatic carbocycles. The van der Waals surface area contributed by atoms with E-state index in [2.05, 4.69) is 11.9 Å². The van der Waals surface area contributed by atoms with E-state index in [0.717, 1.165) is 45.9 Å². The van der Waals surface area contributed by atoms with Gasteiger partial charge >= 0.3 is 0 Å². The summed E-state index contributed by atoms with van der Waals surface area (Å²) in [4.78, 5) is 10.8. The van der Waals surface area contributed by atoms with Gasteiger partial charge in [-0.2, -0.15) is 0 Å². The number of benzene rings is 1. The molecule has 0 bridgehead atoms. The van der Waals surface area contributed by atoms with Crippen molar-refractivity contribution >= 4 is 12.1 Å². The Hall–Kier alpha value is -2.03. The van der Waals surface area contributed by atoms with Gasteiger partial charge in [-0.25, -0.2) is 0 Å². The van der Waals surface area contributed by atoms with Gasteiger partial charge in [-0.3, -0.25) is 4.79 Å². The summed E-state index contributed by atoms with van der Waals surface area (Å²) in [5.41, 5.74) is 4.98. The summed E-state index contributed by atoms with van der Waals surface area (Å²) in [6.07, 6.45) is 3.36. The van der Waals surface area contributed by atoms with Gasteiger partial charge in [0, 0.05) is 11.3 Å². The quantitative estimate of drug-likeness (QED) is 0.477. The highest BCUT2D eigenvalue weighted by atomic mass is 16.5. The van der Waals surface area contributed by atoms with E-state index >= 15 is 0 Å². The molecule has 3 heteroatoms. The van der Waals surface area contributed by atoms with E-state index in [1.54, 1.807) is 0 Å². The van der Waals surface area contributed by atoms with Crippen LogP contribution in [0.1, 0.15) is 37.5 Å². The molecule has 0 spiro atoms. The first-order valence-electron chi connectivity index (χ1n) is 6.69. The molecule has 1 aromatic rings. The van der Waals surface area contributed by atoms with Crippen molar-refractivity contribution in [1.29, 1.82) is 0 Å². The number of carbonyl (C=O) groups excluding carboxylic acids is 1. The van der Waals surface area contributed by atoms with Crippen molar-refractivity contribution in [2.75, 3.05) is 5.32 Å². The molecule has 0 atom stereocenters. The van der Waals surface area contributed by atoms with E-state index < -0.39 is 0 Å². The van der Waals surface area contributed by atoms with Crippen LogP contribution in [0, 0.1) is 13.8 Å². The summed E-state index contributed by atoms with van der Waals surface area (Å²) in [5, 5.41) is 2.77. The predicted octanol–water partition coefficient (Wildman–Crippen LogP) is 4.29. The van der Waals surface area contributed by atoms with Gasteiger partial charge in [0.2, 0.25) is 6.41 Å². The molecule has 0 aliphatic carbocycles. The Balaban J connectivity index is 3.41. The monoisotopic (exact) mass is 273 g/mol. The average Bonchev–Trinajstić information content (AvgIpc) is 2.38. The molecule has 1 amide bonds. The second kappa shape index (κ2) is 6.94. The Morgan fingerprint density at radius 2 is 2.05 bits per heavy atom. The first kappa shape index (κ1) is 16.0. The van der Waals surface area contributed by atoms with E-state index in [9.17, 15) is 4.79 Å². The lowest BCUT2D eigenvalue weighted by atomic mass is 9.96. The minimum atomic E-state index is 0.706. The number of aryl methyl sites for hydroxylation is 1. The lowest BCUT2D eigenvalue weighted by molar-refractivity contribution is -0.105. The Morgan fingerprint density at radius 1 is 1.40 bits per heavy atom. The van der Waals surface area contributed by atoms with Gasteiger partial charge in [-0.05, 0) is 64.3 Å². The third-order valence-electron chi connectivity index (χ3n) is 3.23. The lowest BCUT2D eigenvalue weighted by Crippen LogP contribution is -2.06. The number of rotatable bonds is 6. The van der Waals surface area contributed by atoms with Gasteiger partial charge in [0.15, 0.2) is 0 Å². The van der Waals surface area contributed by atoms with Gasteiger partial charge in [0.25, 0.3) is 0 Å². The molecule has 0 aliphatic heterocycles. The van der Waals surface area contributed by atoms with Crippen LogP contribution in [-0.2, 0) is 11.2 Å². The van der Waals surface area contributed by atoms with Crippen molar-refractivity contribution in [1.82, 2.24) is 0 Å². The van der Waals surface area contributed by atoms with Gasteiger partial charge in [0.1, 0.15) is 5.75 Å². The van der Waals surface area contributed by atoms with Crippen molar-refractivity contribution in [3.05, 3.63) is 46.7 Å². The van der Waals surface area contributed by atoms with E-state index in [0.29, 0.717) is 6.41 Å². The molecule has 0 fully saturated rings. The van der Waals surface area contributed by atoms with Crippen LogP contribution in [0.2, 0.25) is 0 Å². The fourth-order valence-electron chi connectivity index (χ4n) is 2.11. The van der Waals surface area contributed by atoms with Gasteiger partial charge < -0.3 is 10.1 Å². The molecular formula is C17H23NO2. The van der Waals surface area contributed by atoms with Crippen LogP contribution in [0.15, 0.2) is 30.1 Å². The zero-order valence-electron chi connectivity index (χ0n) is 13.0. The predicted molar refractivity (Wildman–Crippen MR) is 84.2 cm³/mol. The number of hydrogen-bond donors (Lipinski definition) is 1. The highest BCUT2D eigenvalue weighted by Gasteiger charge is 2.14. The lowest BCUT2D eigenvalue weighted by Gasteiger charge is -2.19. The molecule has 0 radical (unpaired) electrons. The second-order valence-corrected chi connectivity index (χ2v) is 5.07. The first-order valence-corrected chi connectivity index (χ1v) is 6.69. The number of nitrogens with one attached hydrogen (secondary N) is 1. The van der Waals surface area contributed by atoms with Crippen LogP contribution in [0.5, 0.6) is 5.75 Å². The van der Waals surface area contributed by atoms with Gasteiger partial charge in [-0.1, -0.05) is 12.2 Å². The van der Waals surface area contributed by atoms with Crippen LogP contribution >= 0.6 is 0 Å². The van der Waals surface area contributed by atoms with Crippen LogP contribution in [0.25, 0.3) is 0 Å². The Morgan fingerprint density at radius 3 is 2.55 bits per heavy atom. The summed E-state index contributed by atoms with van der Waals surface area (Å²) >= 11 is 0. The third kappa shape index (κ3) is 3.73. The van der Waals surface area contributed by atoms with Crippen molar-refractivity contribution < 1.29 is 9.53 Å². The van der Waals surface area contributed by atoms with E-state index in [1.807, 2.05) is 46.8 Å². The van der Waals surface area contributed by atoms with Crippen molar-refractivity contribution in [3.8, 4) is 5.75 Å². The fourth-order valence-corrected chi connectivity index (χ4v) is 2.11. The van der Waals surface area contributed by atoms with Crippen LogP contribution < -0.4 is 10.1 Å². The molecular weight excluding hydrogens is 250 g/mol. The molecule has 0 aromatic heterocycles. The molecule has 108 valence electrons. The Kier molecular flexibility index (Phi) is 5.56. The summed E-state index contributed by atoms with van der Waals surface area (Å²) < 4.78 is 5.89. The molecule has 0 saturated heterocycles. The van der Waals surface area contributed by atoms with E-state index in [1.165, 1.54) is 0 Å². The van der Waals surface area contributed by atoms with E-state index in [-0.39, 0.29) is 0 Å². The summed E-state index contributed by atoms with van der Waals surface area (Å²) in [7, 11) is 0. The number of anilines is 1. The molecule has 0 unspecified atom stereocenters. The number of ether oxygens (including phenoxy) is 1. The summed E-state index contributed by atoms with van der Waals surface area (Å²) in [5.74, 6) is 1.68. The minimum Gasteiger partial charge on any atom is -0.462 e. The van der Waals surface area contributed by atoms with Gasteiger partial charge in [-0.15, -0.1) is 0 Å². The van der Waals surface area contributed by atoms with Crippen molar-refractivity contribution in [3.63, 3.8) is 0 Å². The second-order valence-electron chi connectivity index (χ2n) is 5.07. The Bertz CT molecular complexity index is 557. The molecule has 1 N–H and O–H groups in total. The number of carbonyl (C=O) groups is 1. The maximum absolute atomic E-state index is 10.8. The van der Waals surface area contributed by atoms with Crippen molar-refractivity contribution in [2.45, 2.75) is 41.0 Å². The normalized spacial score (nSPS) is 11.2. The smallest absolute Gasteiger partial charge is 0.211 e. The zero-order valence-corrected chi connectivity index (χ0v) is 13.0. The zero-order chi connectivity index (χ0) is 15.3. The Labute approximate surface area is 121 Å². The summed E-state index contributed by atoms with van der Waals surface area (Å²) in [6.45, 7) is 13.8. The summed E-state index contributed by atoms with van der Waals surface area (Å²) in [6, 6.07) is 1.96. The van der Waals surface area contributed by atoms with Crippen LogP contribution in [-0.4, -0.2) is 6.41 Å². The molecule has 0 aliphatic rings. The number of allylic oxidation sites excluding steroid dienone is 3. The SMILES string of the molecule is C=C(C)Cc1c(OC(C)=CC)cc(C)c(NC=O)c1C. The largest absolute Gasteiger partial charge is 0.462 e. The minimum absolute atomic E-state index is 0.706. The molecule has 3 nitrogen and oxygen atoms in total. The fraction of sp³-hybridized carbons (Fsp3) is 0.353. The average molecular weight is 273 g/mol. The van der Waals surface area contributed by atoms with E-state index in [4.69, 9.17) is 4.74 Å². The third-order valence-corrected chi connectivity index (χ3v) is 3.23. The number of hydrogen-bond acceptors (Lipinski definition) is 2. The number of amides is 1. The van der Waals surface area contributed by atoms with Crippen LogP contribution in [0.3, 0.4) is 0 Å². The highest BCUT2D eigenvalue weighted by molar-refractivity contribution is 5.77. The maximum atomic E-state index is 10.8. The standard InChI is InChI=1S/C17H23NO2/c1-7-13(5)20-16-9-12(4)17(18-10-19)14(6)15(16)8-11(2)3/h7,9-10H,2,8H2,1,3-6H3,(H,18,19). The van der Waals surface area contributed by atoms with Crippen LogP contribution in [0.4, 0.5) is 5.69 Å². The van der Waals surface area contributed by atoms with Crippen molar-refractivity contribution in [2.24, 2.45) is 0 Å². The molecule has 0 heterocycles. The maximum Gasteiger partial charge on any atom is 0.211 e. The topological polar surface area (TPSA) is 38.3 Å². The molecule has 1 rings (SSSR count). The first-order chi connectivity index (χ1) is 9.40. The molecule has 20 heavy (non-hydrogen) atoms. The highest BCUT2D eigenvalue weighted by Crippen LogP contribution is 2.34. The van der Waals surface area contributed by atoms with Gasteiger partial charge in [0.05, 0.1) is 5.76 Å².